The monoisotopic (exact) mass is 265 g/mol. The van der Waals surface area contributed by atoms with Gasteiger partial charge in [-0.25, -0.2) is 4.79 Å². The van der Waals surface area contributed by atoms with Crippen LogP contribution < -0.4 is 17.3 Å². The first-order chi connectivity index (χ1) is 8.34. The Hall–Kier alpha value is -0.860. The van der Waals surface area contributed by atoms with Crippen LogP contribution in [-0.2, 0) is 11.2 Å². The van der Waals surface area contributed by atoms with Gasteiger partial charge in [0.05, 0.1) is 19.0 Å². The summed E-state index contributed by atoms with van der Waals surface area (Å²) in [5.74, 6) is 1.17. The lowest BCUT2D eigenvalue weighted by atomic mass is 10.0. The van der Waals surface area contributed by atoms with E-state index >= 15 is 0 Å². The maximum atomic E-state index is 12.0. The third-order valence-electron chi connectivity index (χ3n) is 4.44. The van der Waals surface area contributed by atoms with Crippen LogP contribution in [0.15, 0.2) is 30.3 Å². The fourth-order valence-corrected chi connectivity index (χ4v) is 3.56. The molecule has 1 aliphatic carbocycles. The van der Waals surface area contributed by atoms with Gasteiger partial charge >= 0.3 is 5.91 Å². The van der Waals surface area contributed by atoms with Gasteiger partial charge < -0.3 is 12.4 Å². The molecule has 1 amide bonds. The van der Waals surface area contributed by atoms with Gasteiger partial charge in [-0.05, 0) is 18.4 Å². The average molecular weight is 266 g/mol. The third-order valence-corrected chi connectivity index (χ3v) is 4.44. The van der Waals surface area contributed by atoms with Gasteiger partial charge in [-0.1, -0.05) is 30.3 Å². The van der Waals surface area contributed by atoms with Gasteiger partial charge in [0.2, 0.25) is 0 Å². The fourth-order valence-electron chi connectivity index (χ4n) is 3.56. The molecule has 3 rings (SSSR count). The number of hydrogen-bond acceptors (Lipinski definition) is 1. The van der Waals surface area contributed by atoms with E-state index in [9.17, 15) is 4.79 Å². The molecule has 1 aliphatic heterocycles. The second kappa shape index (κ2) is 5.85. The summed E-state index contributed by atoms with van der Waals surface area (Å²) in [5, 5.41) is 0. The Morgan fingerprint density at radius 3 is 2.72 bits per heavy atom. The molecule has 0 radical (unpaired) electrons. The highest BCUT2D eigenvalue weighted by atomic mass is 35.5. The Morgan fingerprint density at radius 2 is 1.94 bits per heavy atom. The SMILES string of the molecule is O=C1CC2CCC[C@H]2[NH+]1CCc1ccccc1.[Cl-]. The molecule has 2 unspecified atom stereocenters. The van der Waals surface area contributed by atoms with Crippen LogP contribution in [0.2, 0.25) is 0 Å². The van der Waals surface area contributed by atoms with E-state index in [-0.39, 0.29) is 12.4 Å². The normalized spacial score (nSPS) is 30.0. The second-order valence-corrected chi connectivity index (χ2v) is 5.44. The maximum absolute atomic E-state index is 12.0. The van der Waals surface area contributed by atoms with Gasteiger partial charge in [-0.15, -0.1) is 0 Å². The maximum Gasteiger partial charge on any atom is 0.312 e. The average Bonchev–Trinajstić information content (AvgIpc) is 2.89. The van der Waals surface area contributed by atoms with Crippen molar-refractivity contribution in [2.24, 2.45) is 5.92 Å². The lowest BCUT2D eigenvalue weighted by molar-refractivity contribution is -0.840. The van der Waals surface area contributed by atoms with Crippen molar-refractivity contribution in [1.82, 2.24) is 0 Å². The predicted octanol–water partition coefficient (Wildman–Crippen LogP) is -1.78. The molecular formula is C15H20ClNO. The molecule has 1 heterocycles. The van der Waals surface area contributed by atoms with E-state index in [4.69, 9.17) is 0 Å². The Bertz CT molecular complexity index is 406. The van der Waals surface area contributed by atoms with E-state index in [1.165, 1.54) is 29.7 Å². The van der Waals surface area contributed by atoms with Gasteiger partial charge in [-0.2, -0.15) is 0 Å². The van der Waals surface area contributed by atoms with Crippen molar-refractivity contribution in [3.63, 3.8) is 0 Å². The molecule has 0 bridgehead atoms. The minimum atomic E-state index is 0. The lowest BCUT2D eigenvalue weighted by Gasteiger charge is -2.18. The van der Waals surface area contributed by atoms with Crippen molar-refractivity contribution in [3.05, 3.63) is 35.9 Å². The molecule has 98 valence electrons. The van der Waals surface area contributed by atoms with Crippen molar-refractivity contribution < 1.29 is 22.1 Å². The minimum absolute atomic E-state index is 0. The highest BCUT2D eigenvalue weighted by Gasteiger charge is 2.46. The summed E-state index contributed by atoms with van der Waals surface area (Å²) < 4.78 is 0. The van der Waals surface area contributed by atoms with Crippen LogP contribution in [-0.4, -0.2) is 18.5 Å². The number of amides is 1. The van der Waals surface area contributed by atoms with E-state index < -0.39 is 0 Å². The van der Waals surface area contributed by atoms with E-state index in [0.29, 0.717) is 17.9 Å². The standard InChI is InChI=1S/C15H19NO.ClH/c17-15-11-13-7-4-8-14(13)16(15)10-9-12-5-2-1-3-6-12;/h1-3,5-6,13-14H,4,7-11H2;1H/t13?,14-;/m1./s1. The molecule has 3 heteroatoms. The first-order valence-electron chi connectivity index (χ1n) is 6.77. The number of carbonyl (C=O) groups is 1. The molecule has 3 atom stereocenters. The first kappa shape index (κ1) is 13.6. The van der Waals surface area contributed by atoms with Crippen molar-refractivity contribution in [2.75, 3.05) is 6.54 Å². The summed E-state index contributed by atoms with van der Waals surface area (Å²) in [6, 6.07) is 11.2. The van der Waals surface area contributed by atoms with Crippen LogP contribution in [0, 0.1) is 5.92 Å². The molecule has 0 spiro atoms. The van der Waals surface area contributed by atoms with Gasteiger partial charge in [0.1, 0.15) is 0 Å². The number of rotatable bonds is 3. The number of nitrogens with one attached hydrogen (secondary N) is 1. The Kier molecular flexibility index (Phi) is 4.41. The first-order valence-corrected chi connectivity index (χ1v) is 6.77. The molecule has 2 fully saturated rings. The van der Waals surface area contributed by atoms with Crippen LogP contribution >= 0.6 is 0 Å². The molecule has 1 aromatic carbocycles. The van der Waals surface area contributed by atoms with Crippen LogP contribution in [0.5, 0.6) is 0 Å². The van der Waals surface area contributed by atoms with Crippen LogP contribution in [0.1, 0.15) is 31.2 Å². The van der Waals surface area contributed by atoms with Gasteiger partial charge in [-0.3, -0.25) is 4.90 Å². The molecule has 1 saturated heterocycles. The molecule has 2 nitrogen and oxygen atoms in total. The van der Waals surface area contributed by atoms with Gasteiger partial charge in [0, 0.05) is 18.8 Å². The summed E-state index contributed by atoms with van der Waals surface area (Å²) in [5.41, 5.74) is 1.36. The smallest absolute Gasteiger partial charge is 0.312 e. The Labute approximate surface area is 115 Å². The molecule has 2 aliphatic rings. The van der Waals surface area contributed by atoms with E-state index in [0.717, 1.165) is 19.4 Å². The zero-order chi connectivity index (χ0) is 11.7. The minimum Gasteiger partial charge on any atom is -1.00 e. The Morgan fingerprint density at radius 1 is 1.17 bits per heavy atom. The predicted molar refractivity (Wildman–Crippen MR) is 66.7 cm³/mol. The summed E-state index contributed by atoms with van der Waals surface area (Å²) in [6.45, 7) is 0.990. The molecule has 1 aromatic rings. The van der Waals surface area contributed by atoms with Crippen molar-refractivity contribution in [3.8, 4) is 0 Å². The number of benzene rings is 1. The fraction of sp³-hybridized carbons (Fsp3) is 0.533. The lowest BCUT2D eigenvalue weighted by Crippen LogP contribution is -3.16. The van der Waals surface area contributed by atoms with Crippen molar-refractivity contribution >= 4 is 5.91 Å². The number of likely N-dealkylation sites (tertiary alicyclic amines) is 1. The van der Waals surface area contributed by atoms with E-state index in [1.807, 2.05) is 6.07 Å². The molecule has 18 heavy (non-hydrogen) atoms. The van der Waals surface area contributed by atoms with E-state index in [1.54, 1.807) is 0 Å². The second-order valence-electron chi connectivity index (χ2n) is 5.44. The molecule has 1 saturated carbocycles. The number of halogens is 1. The van der Waals surface area contributed by atoms with E-state index in [2.05, 4.69) is 24.3 Å². The number of quaternary nitrogens is 1. The highest BCUT2D eigenvalue weighted by molar-refractivity contribution is 5.69. The summed E-state index contributed by atoms with van der Waals surface area (Å²) in [4.78, 5) is 13.2. The van der Waals surface area contributed by atoms with Gasteiger partial charge in [0.25, 0.3) is 0 Å². The summed E-state index contributed by atoms with van der Waals surface area (Å²) >= 11 is 0. The number of carbonyl (C=O) groups excluding carboxylic acids is 1. The quantitative estimate of drug-likeness (QED) is 0.686. The van der Waals surface area contributed by atoms with Crippen molar-refractivity contribution in [2.45, 2.75) is 38.1 Å². The van der Waals surface area contributed by atoms with Crippen LogP contribution in [0.4, 0.5) is 0 Å². The number of fused-ring (bicyclic) bond motifs is 1. The van der Waals surface area contributed by atoms with Crippen LogP contribution in [0.3, 0.4) is 0 Å². The third kappa shape index (κ3) is 2.60. The van der Waals surface area contributed by atoms with Gasteiger partial charge in [0.15, 0.2) is 0 Å². The largest absolute Gasteiger partial charge is 1.00 e. The van der Waals surface area contributed by atoms with Crippen molar-refractivity contribution in [1.29, 1.82) is 0 Å². The topological polar surface area (TPSA) is 21.5 Å². The molecule has 1 N–H and O–H groups in total. The van der Waals surface area contributed by atoms with Crippen LogP contribution in [0.25, 0.3) is 0 Å². The Balaban J connectivity index is 0.00000120. The zero-order valence-corrected chi connectivity index (χ0v) is 11.3. The zero-order valence-electron chi connectivity index (χ0n) is 10.6. The number of hydrogen-bond donors (Lipinski definition) is 1. The summed E-state index contributed by atoms with van der Waals surface area (Å²) in [7, 11) is 0. The molecule has 0 aromatic heterocycles. The molecular weight excluding hydrogens is 246 g/mol. The summed E-state index contributed by atoms with van der Waals surface area (Å²) in [6.07, 6.45) is 5.75. The highest BCUT2D eigenvalue weighted by Crippen LogP contribution is 2.29.